The Balaban J connectivity index is 2.73. The van der Waals surface area contributed by atoms with E-state index in [1.165, 1.54) is 0 Å². The fourth-order valence-electron chi connectivity index (χ4n) is 1.57. The van der Waals surface area contributed by atoms with E-state index in [1.807, 2.05) is 19.1 Å². The number of hydrogen-bond donors (Lipinski definition) is 1. The number of aldehydes is 1. The summed E-state index contributed by atoms with van der Waals surface area (Å²) in [5, 5.41) is 2.71. The first-order chi connectivity index (χ1) is 8.33. The highest BCUT2D eigenvalue weighted by Crippen LogP contribution is 2.17. The van der Waals surface area contributed by atoms with Crippen LogP contribution in [0.2, 0.25) is 0 Å². The highest BCUT2D eigenvalue weighted by molar-refractivity contribution is 5.78. The van der Waals surface area contributed by atoms with Crippen LogP contribution in [-0.4, -0.2) is 18.0 Å². The van der Waals surface area contributed by atoms with E-state index < -0.39 is 11.7 Å². The third-order valence-electron chi connectivity index (χ3n) is 2.32. The maximum absolute atomic E-state index is 11.6. The van der Waals surface area contributed by atoms with Gasteiger partial charge in [-0.15, -0.1) is 0 Å². The summed E-state index contributed by atoms with van der Waals surface area (Å²) in [5.41, 5.74) is 0.813. The zero-order chi connectivity index (χ0) is 13.8. The van der Waals surface area contributed by atoms with Gasteiger partial charge in [0.15, 0.2) is 0 Å². The van der Waals surface area contributed by atoms with E-state index >= 15 is 0 Å². The number of ether oxygens (including phenoxy) is 1. The number of alkyl carbamates (subject to hydrolysis) is 1. The van der Waals surface area contributed by atoms with Gasteiger partial charge in [0.2, 0.25) is 0 Å². The van der Waals surface area contributed by atoms with Gasteiger partial charge >= 0.3 is 6.09 Å². The molecular formula is C14H19NO3. The molecule has 1 aromatic rings. The van der Waals surface area contributed by atoms with Crippen molar-refractivity contribution in [2.45, 2.75) is 39.3 Å². The lowest BCUT2D eigenvalue weighted by Crippen LogP contribution is -2.34. The van der Waals surface area contributed by atoms with Crippen LogP contribution in [0.4, 0.5) is 4.79 Å². The quantitative estimate of drug-likeness (QED) is 0.837. The molecule has 0 heterocycles. The number of rotatable bonds is 3. The molecule has 4 nitrogen and oxygen atoms in total. The van der Waals surface area contributed by atoms with Crippen LogP contribution in [0.5, 0.6) is 0 Å². The number of carbonyl (C=O) groups excluding carboxylic acids is 2. The predicted octanol–water partition coefficient (Wildman–Crippen LogP) is 3.08. The molecule has 1 aromatic carbocycles. The van der Waals surface area contributed by atoms with Crippen LogP contribution in [0.15, 0.2) is 24.3 Å². The second-order valence-electron chi connectivity index (χ2n) is 5.11. The first-order valence-electron chi connectivity index (χ1n) is 5.87. The van der Waals surface area contributed by atoms with E-state index in [0.29, 0.717) is 5.56 Å². The third kappa shape index (κ3) is 4.20. The molecule has 0 saturated carbocycles. The van der Waals surface area contributed by atoms with E-state index in [4.69, 9.17) is 4.74 Å². The minimum absolute atomic E-state index is 0.277. The number of carbonyl (C=O) groups is 2. The zero-order valence-electron chi connectivity index (χ0n) is 11.2. The van der Waals surface area contributed by atoms with Crippen LogP contribution >= 0.6 is 0 Å². The molecule has 0 saturated heterocycles. The molecule has 0 spiro atoms. The Hall–Kier alpha value is -1.84. The molecule has 0 bridgehead atoms. The SMILES string of the molecule is CC(NC(=O)OC(C)(C)C)c1ccccc1C=O. The van der Waals surface area contributed by atoms with Gasteiger partial charge in [-0.3, -0.25) is 4.79 Å². The van der Waals surface area contributed by atoms with E-state index in [-0.39, 0.29) is 6.04 Å². The van der Waals surface area contributed by atoms with E-state index in [2.05, 4.69) is 5.32 Å². The topological polar surface area (TPSA) is 55.4 Å². The summed E-state index contributed by atoms with van der Waals surface area (Å²) in [6, 6.07) is 6.87. The number of nitrogens with one attached hydrogen (secondary N) is 1. The molecule has 4 heteroatoms. The van der Waals surface area contributed by atoms with Gasteiger partial charge in [-0.1, -0.05) is 24.3 Å². The van der Waals surface area contributed by atoms with Gasteiger partial charge in [0.1, 0.15) is 11.9 Å². The van der Waals surface area contributed by atoms with Crippen molar-refractivity contribution in [1.82, 2.24) is 5.32 Å². The van der Waals surface area contributed by atoms with Crippen molar-refractivity contribution >= 4 is 12.4 Å². The first-order valence-corrected chi connectivity index (χ1v) is 5.87. The molecular weight excluding hydrogens is 230 g/mol. The van der Waals surface area contributed by atoms with Crippen LogP contribution in [0.25, 0.3) is 0 Å². The molecule has 0 radical (unpaired) electrons. The summed E-state index contributed by atoms with van der Waals surface area (Å²) in [6.45, 7) is 7.22. The molecule has 98 valence electrons. The van der Waals surface area contributed by atoms with E-state index in [9.17, 15) is 9.59 Å². The summed E-state index contributed by atoms with van der Waals surface area (Å²) in [7, 11) is 0. The molecule has 0 aliphatic heterocycles. The fourth-order valence-corrected chi connectivity index (χ4v) is 1.57. The minimum Gasteiger partial charge on any atom is -0.444 e. The molecule has 0 aromatic heterocycles. The summed E-state index contributed by atoms with van der Waals surface area (Å²) in [6.07, 6.45) is 0.290. The van der Waals surface area contributed by atoms with Crippen LogP contribution in [-0.2, 0) is 4.74 Å². The number of benzene rings is 1. The van der Waals surface area contributed by atoms with Crippen LogP contribution in [0.1, 0.15) is 49.7 Å². The van der Waals surface area contributed by atoms with Crippen molar-refractivity contribution in [3.05, 3.63) is 35.4 Å². The largest absolute Gasteiger partial charge is 0.444 e. The van der Waals surface area contributed by atoms with Gasteiger partial charge in [-0.25, -0.2) is 4.79 Å². The lowest BCUT2D eigenvalue weighted by Gasteiger charge is -2.22. The van der Waals surface area contributed by atoms with Crippen LogP contribution in [0.3, 0.4) is 0 Å². The minimum atomic E-state index is -0.534. The average molecular weight is 249 g/mol. The van der Waals surface area contributed by atoms with Crippen molar-refractivity contribution < 1.29 is 14.3 Å². The van der Waals surface area contributed by atoms with Gasteiger partial charge in [-0.2, -0.15) is 0 Å². The summed E-state index contributed by atoms with van der Waals surface area (Å²) >= 11 is 0. The fraction of sp³-hybridized carbons (Fsp3) is 0.429. The van der Waals surface area contributed by atoms with Gasteiger partial charge in [-0.05, 0) is 33.3 Å². The van der Waals surface area contributed by atoms with Crippen molar-refractivity contribution in [2.24, 2.45) is 0 Å². The Morgan fingerprint density at radius 1 is 1.33 bits per heavy atom. The molecule has 1 N–H and O–H groups in total. The van der Waals surface area contributed by atoms with Crippen molar-refractivity contribution in [1.29, 1.82) is 0 Å². The van der Waals surface area contributed by atoms with Gasteiger partial charge < -0.3 is 10.1 Å². The second kappa shape index (κ2) is 5.67. The lowest BCUT2D eigenvalue weighted by molar-refractivity contribution is 0.0507. The maximum Gasteiger partial charge on any atom is 0.408 e. The lowest BCUT2D eigenvalue weighted by atomic mass is 10.0. The molecule has 1 rings (SSSR count). The molecule has 1 amide bonds. The Bertz CT molecular complexity index is 435. The van der Waals surface area contributed by atoms with Gasteiger partial charge in [0.25, 0.3) is 0 Å². The van der Waals surface area contributed by atoms with Crippen molar-refractivity contribution in [3.8, 4) is 0 Å². The highest BCUT2D eigenvalue weighted by atomic mass is 16.6. The highest BCUT2D eigenvalue weighted by Gasteiger charge is 2.19. The number of amides is 1. The molecule has 0 fully saturated rings. The second-order valence-corrected chi connectivity index (χ2v) is 5.11. The van der Waals surface area contributed by atoms with E-state index in [1.54, 1.807) is 32.9 Å². The Morgan fingerprint density at radius 3 is 2.50 bits per heavy atom. The number of hydrogen-bond acceptors (Lipinski definition) is 3. The zero-order valence-corrected chi connectivity index (χ0v) is 11.2. The monoisotopic (exact) mass is 249 g/mol. The normalized spacial score (nSPS) is 12.7. The molecule has 1 atom stereocenters. The first kappa shape index (κ1) is 14.2. The van der Waals surface area contributed by atoms with Gasteiger partial charge in [0, 0.05) is 5.56 Å². The average Bonchev–Trinajstić information content (AvgIpc) is 2.26. The predicted molar refractivity (Wildman–Crippen MR) is 69.6 cm³/mol. The van der Waals surface area contributed by atoms with Crippen molar-refractivity contribution in [3.63, 3.8) is 0 Å². The van der Waals surface area contributed by atoms with E-state index in [0.717, 1.165) is 11.8 Å². The molecule has 1 unspecified atom stereocenters. The van der Waals surface area contributed by atoms with Crippen LogP contribution in [0, 0.1) is 0 Å². The maximum atomic E-state index is 11.6. The van der Waals surface area contributed by atoms with Crippen molar-refractivity contribution in [2.75, 3.05) is 0 Å². The molecule has 0 aliphatic carbocycles. The smallest absolute Gasteiger partial charge is 0.408 e. The Labute approximate surface area is 107 Å². The third-order valence-corrected chi connectivity index (χ3v) is 2.32. The Morgan fingerprint density at radius 2 is 1.94 bits per heavy atom. The summed E-state index contributed by atoms with van der Waals surface area (Å²) in [5.74, 6) is 0. The molecule has 18 heavy (non-hydrogen) atoms. The summed E-state index contributed by atoms with van der Waals surface area (Å²) < 4.78 is 5.16. The molecule has 0 aliphatic rings. The standard InChI is InChI=1S/C14H19NO3/c1-10(15-13(17)18-14(2,3)4)12-8-6-5-7-11(12)9-16/h5-10H,1-4H3,(H,15,17). The van der Waals surface area contributed by atoms with Crippen LogP contribution < -0.4 is 5.32 Å². The Kier molecular flexibility index (Phi) is 4.48. The van der Waals surface area contributed by atoms with Gasteiger partial charge in [0.05, 0.1) is 6.04 Å². The summed E-state index contributed by atoms with van der Waals surface area (Å²) in [4.78, 5) is 22.5.